The molecule has 0 N–H and O–H groups in total. The van der Waals surface area contributed by atoms with Gasteiger partial charge in [-0.25, -0.2) is 22.0 Å². The summed E-state index contributed by atoms with van der Waals surface area (Å²) in [4.78, 5) is 12.0. The van der Waals surface area contributed by atoms with E-state index in [-0.39, 0.29) is 5.56 Å². The number of halogens is 5. The molecular formula is C15H9F5O. The predicted octanol–water partition coefficient (Wildman–Crippen LogP) is 4.18. The van der Waals surface area contributed by atoms with Gasteiger partial charge in [0.25, 0.3) is 0 Å². The molecule has 0 heterocycles. The van der Waals surface area contributed by atoms with Gasteiger partial charge in [0.05, 0.1) is 0 Å². The third kappa shape index (κ3) is 2.53. The maximum Gasteiger partial charge on any atom is 0.200 e. The minimum absolute atomic E-state index is 0.157. The molecule has 0 unspecified atom stereocenters. The van der Waals surface area contributed by atoms with Crippen LogP contribution in [0, 0.1) is 29.1 Å². The molecule has 0 amide bonds. The fraction of sp³-hybridized carbons (Fsp3) is 0.133. The van der Waals surface area contributed by atoms with Gasteiger partial charge in [-0.15, -0.1) is 0 Å². The smallest absolute Gasteiger partial charge is 0.200 e. The Labute approximate surface area is 117 Å². The molecule has 0 bridgehead atoms. The normalized spacial score (nSPS) is 10.8. The van der Waals surface area contributed by atoms with E-state index in [1.807, 2.05) is 6.92 Å². The number of benzene rings is 2. The molecule has 6 heteroatoms. The van der Waals surface area contributed by atoms with Gasteiger partial charge in [0, 0.05) is 5.56 Å². The van der Waals surface area contributed by atoms with Crippen molar-refractivity contribution in [2.45, 2.75) is 13.3 Å². The van der Waals surface area contributed by atoms with E-state index >= 15 is 0 Å². The number of carbonyl (C=O) groups excluding carboxylic acids is 1. The maximum atomic E-state index is 13.5. The molecule has 0 aliphatic carbocycles. The van der Waals surface area contributed by atoms with Gasteiger partial charge in [0.15, 0.2) is 29.1 Å². The highest BCUT2D eigenvalue weighted by atomic mass is 19.2. The first-order chi connectivity index (χ1) is 9.88. The van der Waals surface area contributed by atoms with E-state index < -0.39 is 40.4 Å². The minimum Gasteiger partial charge on any atom is -0.288 e. The van der Waals surface area contributed by atoms with E-state index in [4.69, 9.17) is 0 Å². The van der Waals surface area contributed by atoms with Gasteiger partial charge < -0.3 is 0 Å². The third-order valence-electron chi connectivity index (χ3n) is 3.06. The predicted molar refractivity (Wildman–Crippen MR) is 65.5 cm³/mol. The number of ketones is 1. The maximum absolute atomic E-state index is 13.5. The highest BCUT2D eigenvalue weighted by molar-refractivity contribution is 6.09. The van der Waals surface area contributed by atoms with Crippen LogP contribution in [0.5, 0.6) is 0 Å². The number of rotatable bonds is 3. The van der Waals surface area contributed by atoms with Gasteiger partial charge in [-0.2, -0.15) is 0 Å². The van der Waals surface area contributed by atoms with E-state index in [1.54, 1.807) is 12.1 Å². The topological polar surface area (TPSA) is 17.1 Å². The molecule has 0 atom stereocenters. The fourth-order valence-corrected chi connectivity index (χ4v) is 1.84. The van der Waals surface area contributed by atoms with Gasteiger partial charge >= 0.3 is 0 Å². The molecule has 21 heavy (non-hydrogen) atoms. The van der Waals surface area contributed by atoms with Crippen molar-refractivity contribution >= 4 is 5.78 Å². The van der Waals surface area contributed by atoms with Crippen LogP contribution in [-0.2, 0) is 6.42 Å². The molecule has 0 fully saturated rings. The van der Waals surface area contributed by atoms with Crippen LogP contribution in [-0.4, -0.2) is 5.78 Å². The van der Waals surface area contributed by atoms with Crippen LogP contribution in [0.4, 0.5) is 22.0 Å². The summed E-state index contributed by atoms with van der Waals surface area (Å²) in [6.45, 7) is 1.86. The quantitative estimate of drug-likeness (QED) is 0.360. The molecule has 0 saturated carbocycles. The fourth-order valence-electron chi connectivity index (χ4n) is 1.84. The molecule has 2 aromatic carbocycles. The molecule has 2 rings (SSSR count). The van der Waals surface area contributed by atoms with Crippen LogP contribution in [0.3, 0.4) is 0 Å². The summed E-state index contributed by atoms with van der Waals surface area (Å²) in [6, 6.07) is 5.64. The van der Waals surface area contributed by atoms with Crippen LogP contribution in [0.25, 0.3) is 0 Å². The zero-order valence-electron chi connectivity index (χ0n) is 10.8. The summed E-state index contributed by atoms with van der Waals surface area (Å²) in [7, 11) is 0. The first kappa shape index (κ1) is 15.2. The highest BCUT2D eigenvalue weighted by Gasteiger charge is 2.30. The first-order valence-corrected chi connectivity index (χ1v) is 6.03. The lowest BCUT2D eigenvalue weighted by molar-refractivity contribution is 0.102. The molecule has 0 saturated heterocycles. The summed E-state index contributed by atoms with van der Waals surface area (Å²) < 4.78 is 66.2. The van der Waals surface area contributed by atoms with Crippen molar-refractivity contribution in [3.63, 3.8) is 0 Å². The van der Waals surface area contributed by atoms with E-state index in [1.165, 1.54) is 12.1 Å². The van der Waals surface area contributed by atoms with Crippen LogP contribution in [0.2, 0.25) is 0 Å². The molecule has 0 aliphatic rings. The monoisotopic (exact) mass is 300 g/mol. The Bertz CT molecular complexity index is 678. The van der Waals surface area contributed by atoms with Crippen LogP contribution in [0.15, 0.2) is 24.3 Å². The lowest BCUT2D eigenvalue weighted by Gasteiger charge is -2.08. The standard InChI is InChI=1S/C15H9F5O/c1-2-7-3-5-8(6-4-7)15(21)9-10(16)12(18)14(20)13(19)11(9)17/h3-6H,2H2,1H3. The summed E-state index contributed by atoms with van der Waals surface area (Å²) in [6.07, 6.45) is 0.678. The van der Waals surface area contributed by atoms with Gasteiger partial charge in [-0.1, -0.05) is 31.2 Å². The second-order valence-electron chi connectivity index (χ2n) is 4.32. The molecule has 0 aliphatic heterocycles. The highest BCUT2D eigenvalue weighted by Crippen LogP contribution is 2.25. The van der Waals surface area contributed by atoms with Gasteiger partial charge in [-0.05, 0) is 12.0 Å². The van der Waals surface area contributed by atoms with Crippen molar-refractivity contribution in [2.24, 2.45) is 0 Å². The zero-order chi connectivity index (χ0) is 15.7. The lowest BCUT2D eigenvalue weighted by atomic mass is 10.00. The van der Waals surface area contributed by atoms with E-state index in [0.29, 0.717) is 6.42 Å². The van der Waals surface area contributed by atoms with Gasteiger partial charge in [0.1, 0.15) is 5.56 Å². The summed E-state index contributed by atoms with van der Waals surface area (Å²) in [5, 5.41) is 0. The van der Waals surface area contributed by atoms with Crippen molar-refractivity contribution < 1.29 is 26.7 Å². The lowest BCUT2D eigenvalue weighted by Crippen LogP contribution is -2.13. The second-order valence-corrected chi connectivity index (χ2v) is 4.32. The van der Waals surface area contributed by atoms with E-state index in [2.05, 4.69) is 0 Å². The van der Waals surface area contributed by atoms with Gasteiger partial charge in [-0.3, -0.25) is 4.79 Å². The third-order valence-corrected chi connectivity index (χ3v) is 3.06. The first-order valence-electron chi connectivity index (χ1n) is 6.03. The number of hydrogen-bond donors (Lipinski definition) is 0. The van der Waals surface area contributed by atoms with Crippen molar-refractivity contribution in [3.8, 4) is 0 Å². The molecule has 0 aromatic heterocycles. The van der Waals surface area contributed by atoms with E-state index in [0.717, 1.165) is 5.56 Å². The number of hydrogen-bond acceptors (Lipinski definition) is 1. The Hall–Kier alpha value is -2.24. The Kier molecular flexibility index (Phi) is 4.06. The number of aryl methyl sites for hydroxylation is 1. The molecule has 2 aromatic rings. The summed E-state index contributed by atoms with van der Waals surface area (Å²) in [5.74, 6) is -12.1. The minimum atomic E-state index is -2.29. The largest absolute Gasteiger partial charge is 0.288 e. The van der Waals surface area contributed by atoms with E-state index in [9.17, 15) is 26.7 Å². The van der Waals surface area contributed by atoms with Crippen LogP contribution < -0.4 is 0 Å². The van der Waals surface area contributed by atoms with Gasteiger partial charge in [0.2, 0.25) is 5.82 Å². The van der Waals surface area contributed by atoms with Crippen molar-refractivity contribution in [1.82, 2.24) is 0 Å². The van der Waals surface area contributed by atoms with Crippen molar-refractivity contribution in [1.29, 1.82) is 0 Å². The SMILES string of the molecule is CCc1ccc(C(=O)c2c(F)c(F)c(F)c(F)c2F)cc1. The Balaban J connectivity index is 2.58. The van der Waals surface area contributed by atoms with Crippen molar-refractivity contribution in [2.75, 3.05) is 0 Å². The Morgan fingerprint density at radius 1 is 0.810 bits per heavy atom. The zero-order valence-corrected chi connectivity index (χ0v) is 10.8. The van der Waals surface area contributed by atoms with Crippen molar-refractivity contribution in [3.05, 3.63) is 70.0 Å². The Morgan fingerprint density at radius 2 is 1.24 bits per heavy atom. The van der Waals surface area contributed by atoms with Crippen LogP contribution >= 0.6 is 0 Å². The molecule has 0 radical (unpaired) electrons. The summed E-state index contributed by atoms with van der Waals surface area (Å²) in [5.41, 5.74) is -0.741. The number of carbonyl (C=O) groups is 1. The molecule has 1 nitrogen and oxygen atoms in total. The average molecular weight is 300 g/mol. The molecular weight excluding hydrogens is 291 g/mol. The Morgan fingerprint density at radius 3 is 1.67 bits per heavy atom. The molecule has 0 spiro atoms. The molecule has 110 valence electrons. The second kappa shape index (κ2) is 5.63. The summed E-state index contributed by atoms with van der Waals surface area (Å²) >= 11 is 0. The van der Waals surface area contributed by atoms with Crippen LogP contribution in [0.1, 0.15) is 28.4 Å². The average Bonchev–Trinajstić information content (AvgIpc) is 2.51.